The number of hydrogen-bond acceptors (Lipinski definition) is 1. The third-order valence-corrected chi connectivity index (χ3v) is 4.43. The summed E-state index contributed by atoms with van der Waals surface area (Å²) in [5.41, 5.74) is 0.0408. The maximum Gasteiger partial charge on any atom is 0.0689 e. The first-order chi connectivity index (χ1) is 8.12. The van der Waals surface area contributed by atoms with Crippen molar-refractivity contribution in [2.45, 2.75) is 78.6 Å². The van der Waals surface area contributed by atoms with Gasteiger partial charge in [0, 0.05) is 0 Å². The van der Waals surface area contributed by atoms with Crippen molar-refractivity contribution < 1.29 is 0 Å². The van der Waals surface area contributed by atoms with Crippen LogP contribution in [0.4, 0.5) is 0 Å². The summed E-state index contributed by atoms with van der Waals surface area (Å²) in [7, 11) is 0. The molecule has 0 N–H and O–H groups in total. The van der Waals surface area contributed by atoms with E-state index in [1.807, 2.05) is 0 Å². The summed E-state index contributed by atoms with van der Waals surface area (Å²) in [5, 5.41) is 9.47. The van der Waals surface area contributed by atoms with Gasteiger partial charge in [0.05, 0.1) is 11.5 Å². The lowest BCUT2D eigenvalue weighted by Crippen LogP contribution is -2.26. The van der Waals surface area contributed by atoms with Gasteiger partial charge in [-0.15, -0.1) is 0 Å². The summed E-state index contributed by atoms with van der Waals surface area (Å²) in [6.45, 7) is 6.82. The molecule has 0 aromatic heterocycles. The van der Waals surface area contributed by atoms with E-state index >= 15 is 0 Å². The zero-order chi connectivity index (χ0) is 12.7. The average molecular weight is 235 g/mol. The molecule has 0 heterocycles. The van der Waals surface area contributed by atoms with Crippen molar-refractivity contribution in [3.05, 3.63) is 0 Å². The fourth-order valence-corrected chi connectivity index (χ4v) is 3.19. The molecule has 17 heavy (non-hydrogen) atoms. The highest BCUT2D eigenvalue weighted by Crippen LogP contribution is 2.43. The first kappa shape index (κ1) is 14.6. The largest absolute Gasteiger partial charge is 0.198 e. The van der Waals surface area contributed by atoms with Gasteiger partial charge in [-0.2, -0.15) is 5.26 Å². The summed E-state index contributed by atoms with van der Waals surface area (Å²) in [6.07, 6.45) is 11.2. The van der Waals surface area contributed by atoms with E-state index < -0.39 is 0 Å². The Morgan fingerprint density at radius 2 is 1.94 bits per heavy atom. The molecular weight excluding hydrogens is 206 g/mol. The van der Waals surface area contributed by atoms with E-state index in [0.29, 0.717) is 0 Å². The predicted octanol–water partition coefficient (Wildman–Crippen LogP) is 5.31. The van der Waals surface area contributed by atoms with Crippen molar-refractivity contribution in [2.75, 3.05) is 0 Å². The lowest BCUT2D eigenvalue weighted by Gasteiger charge is -2.35. The monoisotopic (exact) mass is 235 g/mol. The first-order valence-electron chi connectivity index (χ1n) is 7.53. The highest BCUT2D eigenvalue weighted by Gasteiger charge is 2.34. The third-order valence-electron chi connectivity index (χ3n) is 4.43. The molecule has 1 rings (SSSR count). The molecule has 0 bridgehead atoms. The molecule has 1 saturated carbocycles. The maximum atomic E-state index is 9.47. The van der Waals surface area contributed by atoms with Gasteiger partial charge >= 0.3 is 0 Å². The summed E-state index contributed by atoms with van der Waals surface area (Å²) in [4.78, 5) is 0. The Bertz CT molecular complexity index is 241. The van der Waals surface area contributed by atoms with Gasteiger partial charge in [-0.25, -0.2) is 0 Å². The normalized spacial score (nSPS) is 29.2. The first-order valence-corrected chi connectivity index (χ1v) is 7.53. The second-order valence-electron chi connectivity index (χ2n) is 6.41. The standard InChI is InChI=1S/C16H29N/c1-4-6-15-8-11-16(13-17,12-9-15)10-5-7-14(2)3/h14-15H,4-12H2,1-3H3. The Morgan fingerprint density at radius 1 is 1.29 bits per heavy atom. The fraction of sp³-hybridized carbons (Fsp3) is 0.938. The minimum absolute atomic E-state index is 0.0408. The minimum atomic E-state index is 0.0408. The van der Waals surface area contributed by atoms with E-state index in [4.69, 9.17) is 0 Å². The van der Waals surface area contributed by atoms with Gasteiger partial charge < -0.3 is 0 Å². The molecule has 1 fully saturated rings. The summed E-state index contributed by atoms with van der Waals surface area (Å²) >= 11 is 0. The molecule has 1 aliphatic rings. The highest BCUT2D eigenvalue weighted by molar-refractivity contribution is 5.01. The van der Waals surface area contributed by atoms with E-state index in [1.54, 1.807) is 0 Å². The number of nitriles is 1. The predicted molar refractivity (Wildman–Crippen MR) is 73.6 cm³/mol. The molecule has 0 saturated heterocycles. The Hall–Kier alpha value is -0.510. The van der Waals surface area contributed by atoms with Crippen molar-refractivity contribution in [3.63, 3.8) is 0 Å². The summed E-state index contributed by atoms with van der Waals surface area (Å²) < 4.78 is 0. The van der Waals surface area contributed by atoms with Crippen LogP contribution in [0, 0.1) is 28.6 Å². The van der Waals surface area contributed by atoms with Crippen LogP contribution in [0.2, 0.25) is 0 Å². The van der Waals surface area contributed by atoms with Crippen LogP contribution in [0.1, 0.15) is 78.6 Å². The van der Waals surface area contributed by atoms with Crippen molar-refractivity contribution in [2.24, 2.45) is 17.3 Å². The molecule has 1 nitrogen and oxygen atoms in total. The molecule has 0 amide bonds. The Morgan fingerprint density at radius 3 is 2.41 bits per heavy atom. The van der Waals surface area contributed by atoms with Gasteiger partial charge in [0.25, 0.3) is 0 Å². The van der Waals surface area contributed by atoms with Crippen LogP contribution in [0.3, 0.4) is 0 Å². The summed E-state index contributed by atoms with van der Waals surface area (Å²) in [5.74, 6) is 1.69. The van der Waals surface area contributed by atoms with Crippen molar-refractivity contribution in [3.8, 4) is 6.07 Å². The van der Waals surface area contributed by atoms with Crippen LogP contribution < -0.4 is 0 Å². The van der Waals surface area contributed by atoms with Crippen LogP contribution in [0.15, 0.2) is 0 Å². The van der Waals surface area contributed by atoms with E-state index in [9.17, 15) is 5.26 Å². The van der Waals surface area contributed by atoms with Crippen molar-refractivity contribution >= 4 is 0 Å². The van der Waals surface area contributed by atoms with Crippen LogP contribution in [-0.2, 0) is 0 Å². The van der Waals surface area contributed by atoms with Crippen molar-refractivity contribution in [1.82, 2.24) is 0 Å². The van der Waals surface area contributed by atoms with E-state index in [-0.39, 0.29) is 5.41 Å². The van der Waals surface area contributed by atoms with Crippen molar-refractivity contribution in [1.29, 1.82) is 5.26 Å². The van der Waals surface area contributed by atoms with Crippen LogP contribution in [0.5, 0.6) is 0 Å². The van der Waals surface area contributed by atoms with Crippen LogP contribution >= 0.6 is 0 Å². The molecule has 1 heteroatoms. The molecule has 0 unspecified atom stereocenters. The smallest absolute Gasteiger partial charge is 0.0689 e. The second kappa shape index (κ2) is 7.04. The Kier molecular flexibility index (Phi) is 6.03. The number of rotatable bonds is 6. The fourth-order valence-electron chi connectivity index (χ4n) is 3.19. The number of hydrogen-bond donors (Lipinski definition) is 0. The molecule has 0 aliphatic heterocycles. The molecule has 0 aromatic rings. The van der Waals surface area contributed by atoms with Gasteiger partial charge in [-0.3, -0.25) is 0 Å². The zero-order valence-electron chi connectivity index (χ0n) is 12.0. The molecule has 0 spiro atoms. The lowest BCUT2D eigenvalue weighted by molar-refractivity contribution is 0.184. The molecule has 0 aromatic carbocycles. The van der Waals surface area contributed by atoms with Crippen LogP contribution in [-0.4, -0.2) is 0 Å². The molecule has 98 valence electrons. The molecule has 1 aliphatic carbocycles. The van der Waals surface area contributed by atoms with Gasteiger partial charge in [-0.1, -0.05) is 46.5 Å². The molecule has 0 radical (unpaired) electrons. The summed E-state index contributed by atoms with van der Waals surface area (Å²) in [6, 6.07) is 2.65. The zero-order valence-corrected chi connectivity index (χ0v) is 12.0. The third kappa shape index (κ3) is 4.70. The van der Waals surface area contributed by atoms with E-state index in [0.717, 1.165) is 31.1 Å². The SMILES string of the molecule is CCCC1CCC(C#N)(CCCC(C)C)CC1. The van der Waals surface area contributed by atoms with Gasteiger partial charge in [0.15, 0.2) is 0 Å². The minimum Gasteiger partial charge on any atom is -0.198 e. The highest BCUT2D eigenvalue weighted by atomic mass is 14.4. The molecular formula is C16H29N. The van der Waals surface area contributed by atoms with Crippen LogP contribution in [0.25, 0.3) is 0 Å². The second-order valence-corrected chi connectivity index (χ2v) is 6.41. The quantitative estimate of drug-likeness (QED) is 0.611. The molecule has 0 atom stereocenters. The average Bonchev–Trinajstić information content (AvgIpc) is 2.31. The number of nitrogens with zero attached hydrogens (tertiary/aromatic N) is 1. The van der Waals surface area contributed by atoms with Gasteiger partial charge in [0.1, 0.15) is 0 Å². The lowest BCUT2D eigenvalue weighted by atomic mass is 9.68. The Balaban J connectivity index is 2.36. The Labute approximate surface area is 108 Å². The van der Waals surface area contributed by atoms with E-state index in [1.165, 1.54) is 38.5 Å². The van der Waals surface area contributed by atoms with Gasteiger partial charge in [-0.05, 0) is 43.9 Å². The topological polar surface area (TPSA) is 23.8 Å². The van der Waals surface area contributed by atoms with Gasteiger partial charge in [0.2, 0.25) is 0 Å². The maximum absolute atomic E-state index is 9.47. The van der Waals surface area contributed by atoms with E-state index in [2.05, 4.69) is 26.8 Å².